The van der Waals surface area contributed by atoms with Crippen LogP contribution in [0, 0.1) is 9.62 Å². The van der Waals surface area contributed by atoms with Crippen molar-refractivity contribution in [3.63, 3.8) is 0 Å². The first-order chi connectivity index (χ1) is 9.16. The molecule has 7 heteroatoms. The Balaban J connectivity index is 2.01. The average Bonchev–Trinajstić information content (AvgIpc) is 2.75. The highest BCUT2D eigenvalue weighted by molar-refractivity contribution is 14.1. The Morgan fingerprint density at radius 1 is 1.47 bits per heavy atom. The molecule has 2 aromatic heterocycles. The quantitative estimate of drug-likeness (QED) is 0.737. The molecule has 1 unspecified atom stereocenters. The molecule has 0 spiro atoms. The molecule has 1 aliphatic rings. The fraction of sp³-hybridized carbons (Fsp3) is 0.583. The summed E-state index contributed by atoms with van der Waals surface area (Å²) >= 11 is 8.15. The summed E-state index contributed by atoms with van der Waals surface area (Å²) in [6.45, 7) is 3.84. The second-order valence-electron chi connectivity index (χ2n) is 4.79. The van der Waals surface area contributed by atoms with E-state index in [-0.39, 0.29) is 6.04 Å². The van der Waals surface area contributed by atoms with Gasteiger partial charge in [0.05, 0.1) is 12.2 Å². The molecule has 3 rings (SSSR count). The summed E-state index contributed by atoms with van der Waals surface area (Å²) in [4.78, 5) is 8.70. The van der Waals surface area contributed by atoms with Gasteiger partial charge >= 0.3 is 0 Å². The van der Waals surface area contributed by atoms with E-state index in [0.29, 0.717) is 11.1 Å². The van der Waals surface area contributed by atoms with Gasteiger partial charge in [-0.3, -0.25) is 0 Å². The predicted molar refractivity (Wildman–Crippen MR) is 81.3 cm³/mol. The van der Waals surface area contributed by atoms with Crippen LogP contribution in [0.1, 0.15) is 25.8 Å². The van der Waals surface area contributed by atoms with Crippen LogP contribution < -0.4 is 0 Å². The summed E-state index contributed by atoms with van der Waals surface area (Å²) in [5.74, 6) is 0.563. The third-order valence-corrected chi connectivity index (χ3v) is 4.58. The van der Waals surface area contributed by atoms with Crippen LogP contribution >= 0.6 is 34.2 Å². The van der Waals surface area contributed by atoms with Crippen LogP contribution in [0.5, 0.6) is 0 Å². The van der Waals surface area contributed by atoms with E-state index >= 15 is 0 Å². The van der Waals surface area contributed by atoms with E-state index in [1.54, 1.807) is 6.20 Å². The summed E-state index contributed by atoms with van der Waals surface area (Å²) in [6.07, 6.45) is 3.69. The smallest absolute Gasteiger partial charge is 0.179 e. The van der Waals surface area contributed by atoms with Gasteiger partial charge in [-0.1, -0.05) is 11.6 Å². The topological polar surface area (TPSA) is 52.8 Å². The lowest BCUT2D eigenvalue weighted by Crippen LogP contribution is -2.25. The molecule has 5 nitrogen and oxygen atoms in total. The first kappa shape index (κ1) is 13.5. The Bertz CT molecular complexity index is 597. The molecule has 0 amide bonds. The molecule has 0 bridgehead atoms. The number of hydrogen-bond donors (Lipinski definition) is 0. The van der Waals surface area contributed by atoms with Gasteiger partial charge in [0, 0.05) is 13.2 Å². The van der Waals surface area contributed by atoms with E-state index in [0.717, 1.165) is 40.9 Å². The number of nitrogens with zero attached hydrogens (tertiary/aromatic N) is 4. The molecule has 0 N–H and O–H groups in total. The normalized spacial score (nSPS) is 18.9. The SMILES string of the molecule is CC(C1CCOCC1)n1nc(I)c2ncc(Cl)nc21. The summed E-state index contributed by atoms with van der Waals surface area (Å²) < 4.78 is 8.25. The maximum atomic E-state index is 5.95. The molecule has 1 aliphatic heterocycles. The Morgan fingerprint density at radius 3 is 2.95 bits per heavy atom. The minimum absolute atomic E-state index is 0.280. The van der Waals surface area contributed by atoms with E-state index in [1.165, 1.54) is 0 Å². The van der Waals surface area contributed by atoms with Crippen molar-refractivity contribution in [2.24, 2.45) is 5.92 Å². The van der Waals surface area contributed by atoms with Crippen molar-refractivity contribution in [3.8, 4) is 0 Å². The van der Waals surface area contributed by atoms with Gasteiger partial charge in [0.1, 0.15) is 10.7 Å². The van der Waals surface area contributed by atoms with Gasteiger partial charge in [-0.05, 0) is 48.3 Å². The summed E-state index contributed by atoms with van der Waals surface area (Å²) in [5.41, 5.74) is 1.60. The van der Waals surface area contributed by atoms with E-state index in [4.69, 9.17) is 16.3 Å². The highest BCUT2D eigenvalue weighted by atomic mass is 127. The molecular formula is C12H14ClIN4O. The van der Waals surface area contributed by atoms with Crippen molar-refractivity contribution >= 4 is 45.4 Å². The van der Waals surface area contributed by atoms with Gasteiger partial charge in [-0.25, -0.2) is 14.6 Å². The van der Waals surface area contributed by atoms with E-state index in [1.807, 2.05) is 4.68 Å². The molecular weight excluding hydrogens is 379 g/mol. The van der Waals surface area contributed by atoms with E-state index in [2.05, 4.69) is 44.6 Å². The van der Waals surface area contributed by atoms with Crippen LogP contribution in [-0.2, 0) is 4.74 Å². The van der Waals surface area contributed by atoms with Crippen LogP contribution in [0.2, 0.25) is 5.15 Å². The van der Waals surface area contributed by atoms with Gasteiger partial charge in [-0.2, -0.15) is 5.10 Å². The molecule has 102 valence electrons. The fourth-order valence-corrected chi connectivity index (χ4v) is 3.28. The van der Waals surface area contributed by atoms with E-state index < -0.39 is 0 Å². The van der Waals surface area contributed by atoms with Crippen LogP contribution in [0.4, 0.5) is 0 Å². The van der Waals surface area contributed by atoms with Crippen LogP contribution in [0.25, 0.3) is 11.2 Å². The Hall–Kier alpha value is -0.470. The zero-order chi connectivity index (χ0) is 13.4. The molecule has 19 heavy (non-hydrogen) atoms. The zero-order valence-corrected chi connectivity index (χ0v) is 13.4. The van der Waals surface area contributed by atoms with Gasteiger partial charge in [-0.15, -0.1) is 0 Å². The molecule has 0 saturated carbocycles. The standard InChI is InChI=1S/C12H14ClIN4O/c1-7(8-2-4-19-5-3-8)18-12-10(11(14)17-18)15-6-9(13)16-12/h6-8H,2-5H2,1H3. The number of halogens is 2. The van der Waals surface area contributed by atoms with Gasteiger partial charge in [0.25, 0.3) is 0 Å². The van der Waals surface area contributed by atoms with Crippen molar-refractivity contribution in [3.05, 3.63) is 15.1 Å². The second kappa shape index (κ2) is 5.49. The first-order valence-electron chi connectivity index (χ1n) is 6.31. The van der Waals surface area contributed by atoms with Crippen molar-refractivity contribution < 1.29 is 4.74 Å². The highest BCUT2D eigenvalue weighted by Gasteiger charge is 2.25. The van der Waals surface area contributed by atoms with Crippen molar-refractivity contribution in [1.29, 1.82) is 0 Å². The van der Waals surface area contributed by atoms with Gasteiger partial charge < -0.3 is 4.74 Å². The average molecular weight is 393 g/mol. The minimum Gasteiger partial charge on any atom is -0.381 e. The Kier molecular flexibility index (Phi) is 3.91. The second-order valence-corrected chi connectivity index (χ2v) is 6.20. The van der Waals surface area contributed by atoms with Gasteiger partial charge in [0.2, 0.25) is 0 Å². The predicted octanol–water partition coefficient (Wildman–Crippen LogP) is 3.07. The van der Waals surface area contributed by atoms with Crippen LogP contribution in [0.15, 0.2) is 6.20 Å². The summed E-state index contributed by atoms with van der Waals surface area (Å²) in [5, 5.41) is 4.99. The first-order valence-corrected chi connectivity index (χ1v) is 7.76. The third kappa shape index (κ3) is 2.57. The fourth-order valence-electron chi connectivity index (χ4n) is 2.53. The molecule has 1 saturated heterocycles. The number of aromatic nitrogens is 4. The van der Waals surface area contributed by atoms with Crippen LogP contribution in [0.3, 0.4) is 0 Å². The van der Waals surface area contributed by atoms with Crippen molar-refractivity contribution in [2.75, 3.05) is 13.2 Å². The van der Waals surface area contributed by atoms with Crippen LogP contribution in [-0.4, -0.2) is 33.0 Å². The molecule has 1 fully saturated rings. The Morgan fingerprint density at radius 2 is 2.21 bits per heavy atom. The summed E-state index contributed by atoms with van der Waals surface area (Å²) in [7, 11) is 0. The lowest BCUT2D eigenvalue weighted by molar-refractivity contribution is 0.0501. The molecule has 2 aromatic rings. The molecule has 0 aromatic carbocycles. The molecule has 1 atom stereocenters. The number of hydrogen-bond acceptors (Lipinski definition) is 4. The molecule has 3 heterocycles. The highest BCUT2D eigenvalue weighted by Crippen LogP contribution is 2.30. The molecule has 0 radical (unpaired) electrons. The Labute approximate surface area is 129 Å². The maximum absolute atomic E-state index is 5.95. The zero-order valence-electron chi connectivity index (χ0n) is 10.5. The lowest BCUT2D eigenvalue weighted by Gasteiger charge is -2.27. The molecule has 0 aliphatic carbocycles. The number of rotatable bonds is 2. The third-order valence-electron chi connectivity index (χ3n) is 3.67. The maximum Gasteiger partial charge on any atom is 0.179 e. The number of fused-ring (bicyclic) bond motifs is 1. The monoisotopic (exact) mass is 392 g/mol. The largest absolute Gasteiger partial charge is 0.381 e. The summed E-state index contributed by atoms with van der Waals surface area (Å²) in [6, 6.07) is 0.280. The van der Waals surface area contributed by atoms with Gasteiger partial charge in [0.15, 0.2) is 9.35 Å². The number of ether oxygens (including phenoxy) is 1. The van der Waals surface area contributed by atoms with Crippen molar-refractivity contribution in [1.82, 2.24) is 19.7 Å². The van der Waals surface area contributed by atoms with E-state index in [9.17, 15) is 0 Å². The van der Waals surface area contributed by atoms with Crippen molar-refractivity contribution in [2.45, 2.75) is 25.8 Å². The lowest BCUT2D eigenvalue weighted by atomic mass is 9.93. The minimum atomic E-state index is 0.280.